The molecule has 1 aliphatic rings. The van der Waals surface area contributed by atoms with Gasteiger partial charge in [-0.2, -0.15) is 4.31 Å². The molecule has 3 aromatic rings. The Morgan fingerprint density at radius 1 is 1.31 bits per heavy atom. The molecule has 2 heterocycles. The van der Waals surface area contributed by atoms with Gasteiger partial charge < -0.3 is 13.9 Å². The fourth-order valence-electron chi connectivity index (χ4n) is 3.32. The van der Waals surface area contributed by atoms with Crippen molar-refractivity contribution in [2.45, 2.75) is 19.8 Å². The van der Waals surface area contributed by atoms with Crippen LogP contribution in [0.5, 0.6) is 5.75 Å². The van der Waals surface area contributed by atoms with Crippen LogP contribution in [0.15, 0.2) is 41.5 Å². The van der Waals surface area contributed by atoms with E-state index in [9.17, 15) is 9.35 Å². The van der Waals surface area contributed by atoms with Crippen LogP contribution in [0.25, 0.3) is 22.0 Å². The van der Waals surface area contributed by atoms with Gasteiger partial charge in [-0.1, -0.05) is 18.2 Å². The fraction of sp³-hybridized carbons (Fsp3) is 0.381. The minimum absolute atomic E-state index is 0.0658. The van der Waals surface area contributed by atoms with E-state index in [-0.39, 0.29) is 5.56 Å². The lowest BCUT2D eigenvalue weighted by atomic mass is 10.0. The van der Waals surface area contributed by atoms with Crippen LogP contribution in [0.3, 0.4) is 0 Å². The third-order valence-corrected chi connectivity index (χ3v) is 6.12. The summed E-state index contributed by atoms with van der Waals surface area (Å²) in [6.07, 6.45) is 7.38. The van der Waals surface area contributed by atoms with E-state index in [2.05, 4.69) is 4.98 Å². The molecule has 0 aliphatic heterocycles. The molecular formula is C21H24N4O3S. The van der Waals surface area contributed by atoms with Gasteiger partial charge in [-0.25, -0.2) is 9.97 Å². The highest BCUT2D eigenvalue weighted by atomic mass is 32.2. The molecule has 4 rings (SSSR count). The lowest BCUT2D eigenvalue weighted by Gasteiger charge is -2.21. The van der Waals surface area contributed by atoms with E-state index in [1.54, 1.807) is 34.6 Å². The van der Waals surface area contributed by atoms with Gasteiger partial charge in [0.05, 0.1) is 30.7 Å². The van der Waals surface area contributed by atoms with Crippen LogP contribution in [0.4, 0.5) is 5.95 Å². The molecular weight excluding hydrogens is 388 g/mol. The molecule has 0 radical (unpaired) electrons. The van der Waals surface area contributed by atoms with Crippen LogP contribution in [0, 0.1) is 5.92 Å². The van der Waals surface area contributed by atoms with Crippen LogP contribution < -0.4 is 14.6 Å². The number of hydrogen-bond acceptors (Lipinski definition) is 6. The summed E-state index contributed by atoms with van der Waals surface area (Å²) in [6.45, 7) is 3.04. The molecule has 0 saturated heterocycles. The zero-order valence-corrected chi connectivity index (χ0v) is 17.6. The van der Waals surface area contributed by atoms with Gasteiger partial charge in [-0.15, -0.1) is 0 Å². The van der Waals surface area contributed by atoms with E-state index >= 15 is 0 Å². The Morgan fingerprint density at radius 2 is 2.03 bits per heavy atom. The van der Waals surface area contributed by atoms with Gasteiger partial charge in [0, 0.05) is 24.2 Å². The molecule has 1 aromatic carbocycles. The maximum Gasteiger partial charge on any atom is 0.268 e. The van der Waals surface area contributed by atoms with Crippen molar-refractivity contribution in [3.05, 3.63) is 47.0 Å². The fourth-order valence-corrected chi connectivity index (χ4v) is 4.00. The molecule has 0 spiro atoms. The van der Waals surface area contributed by atoms with Crippen LogP contribution in [-0.2, 0) is 18.4 Å². The SMILES string of the molecule is CCN(c1ncc(OCC2CC2)c(-c2cn(C)c(=O)c3ccccc23)n1)[S+](C)[O-]. The Kier molecular flexibility index (Phi) is 5.47. The van der Waals surface area contributed by atoms with Crippen LogP contribution in [0.2, 0.25) is 0 Å². The molecule has 0 bridgehead atoms. The molecule has 29 heavy (non-hydrogen) atoms. The van der Waals surface area contributed by atoms with Crippen molar-refractivity contribution in [1.82, 2.24) is 14.5 Å². The van der Waals surface area contributed by atoms with Crippen molar-refractivity contribution in [2.24, 2.45) is 13.0 Å². The molecule has 1 unspecified atom stereocenters. The Balaban J connectivity index is 1.91. The molecule has 0 amide bonds. The number of aryl methyl sites for hydroxylation is 1. The number of ether oxygens (including phenoxy) is 1. The summed E-state index contributed by atoms with van der Waals surface area (Å²) < 4.78 is 21.4. The van der Waals surface area contributed by atoms with Crippen LogP contribution in [0.1, 0.15) is 19.8 Å². The van der Waals surface area contributed by atoms with E-state index in [0.717, 1.165) is 10.9 Å². The van der Waals surface area contributed by atoms with Gasteiger partial charge in [-0.3, -0.25) is 4.79 Å². The quantitative estimate of drug-likeness (QED) is 0.555. The second kappa shape index (κ2) is 8.04. The molecule has 1 aliphatic carbocycles. The van der Waals surface area contributed by atoms with E-state index < -0.39 is 11.4 Å². The zero-order valence-electron chi connectivity index (χ0n) is 16.8. The van der Waals surface area contributed by atoms with Gasteiger partial charge in [0.15, 0.2) is 5.75 Å². The van der Waals surface area contributed by atoms with Crippen molar-refractivity contribution in [3.8, 4) is 17.0 Å². The minimum atomic E-state index is -1.25. The second-order valence-corrected chi connectivity index (χ2v) is 8.55. The number of pyridine rings is 1. The van der Waals surface area contributed by atoms with Gasteiger partial charge in [0.1, 0.15) is 11.9 Å². The van der Waals surface area contributed by atoms with Crippen molar-refractivity contribution >= 4 is 28.1 Å². The molecule has 2 aromatic heterocycles. The van der Waals surface area contributed by atoms with Crippen LogP contribution >= 0.6 is 0 Å². The van der Waals surface area contributed by atoms with E-state index in [4.69, 9.17) is 9.72 Å². The molecule has 8 heteroatoms. The highest BCUT2D eigenvalue weighted by Gasteiger charge is 2.25. The maximum absolute atomic E-state index is 12.6. The van der Waals surface area contributed by atoms with Crippen molar-refractivity contribution in [2.75, 3.05) is 23.7 Å². The number of rotatable bonds is 7. The van der Waals surface area contributed by atoms with E-state index in [1.807, 2.05) is 31.2 Å². The molecule has 152 valence electrons. The predicted molar refractivity (Wildman–Crippen MR) is 116 cm³/mol. The average molecular weight is 413 g/mol. The Morgan fingerprint density at radius 3 is 2.69 bits per heavy atom. The minimum Gasteiger partial charge on any atom is -0.593 e. The monoisotopic (exact) mass is 412 g/mol. The Bertz CT molecular complexity index is 1090. The van der Waals surface area contributed by atoms with Gasteiger partial charge >= 0.3 is 0 Å². The predicted octanol–water partition coefficient (Wildman–Crippen LogP) is 2.90. The lowest BCUT2D eigenvalue weighted by molar-refractivity contribution is 0.299. The van der Waals surface area contributed by atoms with E-state index in [0.29, 0.717) is 41.8 Å². The summed E-state index contributed by atoms with van der Waals surface area (Å²) >= 11 is -1.25. The smallest absolute Gasteiger partial charge is 0.268 e. The van der Waals surface area contributed by atoms with Gasteiger partial charge in [0.25, 0.3) is 11.5 Å². The summed E-state index contributed by atoms with van der Waals surface area (Å²) in [5.74, 6) is 1.53. The second-order valence-electron chi connectivity index (χ2n) is 7.26. The number of benzene rings is 1. The summed E-state index contributed by atoms with van der Waals surface area (Å²) in [5.41, 5.74) is 1.32. The topological polar surface area (TPSA) is 83.3 Å². The first-order valence-corrected chi connectivity index (χ1v) is 11.2. The zero-order chi connectivity index (χ0) is 20.5. The average Bonchev–Trinajstić information content (AvgIpc) is 3.54. The summed E-state index contributed by atoms with van der Waals surface area (Å²) in [6, 6.07) is 7.47. The lowest BCUT2D eigenvalue weighted by Crippen LogP contribution is -2.31. The molecule has 7 nitrogen and oxygen atoms in total. The number of hydrogen-bond donors (Lipinski definition) is 0. The van der Waals surface area contributed by atoms with Crippen molar-refractivity contribution in [1.29, 1.82) is 0 Å². The molecule has 1 fully saturated rings. The number of nitrogens with zero attached hydrogens (tertiary/aromatic N) is 4. The number of anilines is 1. The summed E-state index contributed by atoms with van der Waals surface area (Å²) in [7, 11) is 1.73. The highest BCUT2D eigenvalue weighted by Crippen LogP contribution is 2.35. The molecule has 1 atom stereocenters. The number of aromatic nitrogens is 3. The highest BCUT2D eigenvalue weighted by molar-refractivity contribution is 7.92. The normalized spacial score (nSPS) is 14.8. The van der Waals surface area contributed by atoms with Crippen LogP contribution in [-0.4, -0.2) is 38.5 Å². The first kappa shape index (κ1) is 19.7. The maximum atomic E-state index is 12.6. The van der Waals surface area contributed by atoms with Gasteiger partial charge in [-0.05, 0) is 37.1 Å². The third-order valence-electron chi connectivity index (χ3n) is 5.08. The first-order valence-electron chi connectivity index (χ1n) is 9.69. The van der Waals surface area contributed by atoms with Crippen molar-refractivity contribution < 1.29 is 9.29 Å². The summed E-state index contributed by atoms with van der Waals surface area (Å²) in [4.78, 5) is 21.7. The first-order chi connectivity index (χ1) is 14.0. The largest absolute Gasteiger partial charge is 0.593 e. The standard InChI is InChI=1S/C21H24N4O3S/c1-4-25(29(3)27)21-22-11-18(28-13-14-9-10-14)19(23-21)17-12-24(2)20(26)16-8-6-5-7-15(16)17/h5-8,11-12,14H,4,9-10,13H2,1-3H3. The molecule has 0 N–H and O–H groups in total. The number of fused-ring (bicyclic) bond motifs is 1. The van der Waals surface area contributed by atoms with E-state index in [1.165, 1.54) is 12.8 Å². The Labute approximate surface area is 172 Å². The molecule has 1 saturated carbocycles. The third kappa shape index (κ3) is 3.95. The van der Waals surface area contributed by atoms with Crippen molar-refractivity contribution in [3.63, 3.8) is 0 Å². The Hall–Kier alpha value is -2.58. The van der Waals surface area contributed by atoms with Gasteiger partial charge in [0.2, 0.25) is 0 Å². The summed E-state index contributed by atoms with van der Waals surface area (Å²) in [5, 5.41) is 1.42.